The summed E-state index contributed by atoms with van der Waals surface area (Å²) in [6.07, 6.45) is 5.65. The number of nitrogens with one attached hydrogen (secondary N) is 2. The van der Waals surface area contributed by atoms with E-state index in [1.54, 1.807) is 51.1 Å². The number of nitrogens with zero attached hydrogens (tertiary/aromatic N) is 1. The number of aromatic hydroxyl groups is 2. The maximum absolute atomic E-state index is 14.4. The molecule has 2 aromatic rings. The summed E-state index contributed by atoms with van der Waals surface area (Å²) in [4.78, 5) is 42.6. The highest BCUT2D eigenvalue weighted by Crippen LogP contribution is 2.30. The van der Waals surface area contributed by atoms with Crippen molar-refractivity contribution in [3.8, 4) is 11.5 Å². The average Bonchev–Trinajstić information content (AvgIpc) is 2.92. The van der Waals surface area contributed by atoms with E-state index >= 15 is 0 Å². The zero-order valence-electron chi connectivity index (χ0n) is 25.8. The van der Waals surface area contributed by atoms with Crippen molar-refractivity contribution in [3.63, 3.8) is 0 Å². The quantitative estimate of drug-likeness (QED) is 0.180. The van der Waals surface area contributed by atoms with Gasteiger partial charge in [0, 0.05) is 25.1 Å². The molecule has 3 amide bonds. The van der Waals surface area contributed by atoms with E-state index in [1.807, 2.05) is 6.92 Å². The van der Waals surface area contributed by atoms with E-state index in [9.17, 15) is 24.6 Å². The lowest BCUT2D eigenvalue weighted by Crippen LogP contribution is -2.54. The SMILES string of the molecule is CCCCCCCN(C(=O)C(Cc1ccc(O)cc1)NC(=O)OC(C)(C)C)C(C(=O)NCCCC)c1ccccc1O. The van der Waals surface area contributed by atoms with Gasteiger partial charge in [-0.3, -0.25) is 9.59 Å². The summed E-state index contributed by atoms with van der Waals surface area (Å²) < 4.78 is 5.48. The molecule has 9 nitrogen and oxygen atoms in total. The number of hydrogen-bond acceptors (Lipinski definition) is 6. The molecule has 232 valence electrons. The van der Waals surface area contributed by atoms with E-state index in [2.05, 4.69) is 17.6 Å². The van der Waals surface area contributed by atoms with Crippen LogP contribution in [0.4, 0.5) is 4.79 Å². The molecule has 4 N–H and O–H groups in total. The number of benzene rings is 2. The number of para-hydroxylation sites is 1. The Morgan fingerprint density at radius 3 is 2.14 bits per heavy atom. The van der Waals surface area contributed by atoms with E-state index in [0.717, 1.165) is 38.5 Å². The largest absolute Gasteiger partial charge is 0.508 e. The molecule has 2 aromatic carbocycles. The first-order valence-corrected chi connectivity index (χ1v) is 15.1. The van der Waals surface area contributed by atoms with Gasteiger partial charge in [0.25, 0.3) is 0 Å². The van der Waals surface area contributed by atoms with Crippen molar-refractivity contribution in [1.29, 1.82) is 0 Å². The van der Waals surface area contributed by atoms with Gasteiger partial charge in [0.2, 0.25) is 11.8 Å². The molecule has 0 radical (unpaired) electrons. The Bertz CT molecular complexity index is 1130. The van der Waals surface area contributed by atoms with Crippen LogP contribution in [0.2, 0.25) is 0 Å². The Hall–Kier alpha value is -3.75. The summed E-state index contributed by atoms with van der Waals surface area (Å²) >= 11 is 0. The van der Waals surface area contributed by atoms with Crippen LogP contribution in [0, 0.1) is 0 Å². The third-order valence-electron chi connectivity index (χ3n) is 6.77. The molecule has 2 unspecified atom stereocenters. The second kappa shape index (κ2) is 17.3. The van der Waals surface area contributed by atoms with Crippen LogP contribution in [0.1, 0.15) is 96.7 Å². The van der Waals surface area contributed by atoms with Crippen molar-refractivity contribution in [2.24, 2.45) is 0 Å². The second-order valence-electron chi connectivity index (χ2n) is 11.6. The predicted molar refractivity (Wildman–Crippen MR) is 164 cm³/mol. The van der Waals surface area contributed by atoms with Gasteiger partial charge in [0.1, 0.15) is 29.2 Å². The number of hydrogen-bond donors (Lipinski definition) is 4. The lowest BCUT2D eigenvalue weighted by molar-refractivity contribution is -0.142. The molecule has 2 atom stereocenters. The molecule has 0 saturated heterocycles. The summed E-state index contributed by atoms with van der Waals surface area (Å²) in [5.74, 6) is -0.873. The lowest BCUT2D eigenvalue weighted by Gasteiger charge is -2.35. The Morgan fingerprint density at radius 1 is 0.881 bits per heavy atom. The van der Waals surface area contributed by atoms with Crippen molar-refractivity contribution in [2.75, 3.05) is 13.1 Å². The van der Waals surface area contributed by atoms with E-state index in [1.165, 1.54) is 23.1 Å². The highest BCUT2D eigenvalue weighted by atomic mass is 16.6. The van der Waals surface area contributed by atoms with Crippen LogP contribution >= 0.6 is 0 Å². The van der Waals surface area contributed by atoms with Crippen molar-refractivity contribution >= 4 is 17.9 Å². The highest BCUT2D eigenvalue weighted by molar-refractivity contribution is 5.92. The Morgan fingerprint density at radius 2 is 1.52 bits per heavy atom. The molecule has 42 heavy (non-hydrogen) atoms. The third-order valence-corrected chi connectivity index (χ3v) is 6.77. The minimum atomic E-state index is -1.11. The van der Waals surface area contributed by atoms with Crippen molar-refractivity contribution in [2.45, 2.75) is 104 Å². The number of carbonyl (C=O) groups is 3. The zero-order chi connectivity index (χ0) is 31.1. The summed E-state index contributed by atoms with van der Waals surface area (Å²) in [6, 6.07) is 10.7. The van der Waals surface area contributed by atoms with Gasteiger partial charge in [-0.05, 0) is 57.4 Å². The van der Waals surface area contributed by atoms with Crippen molar-refractivity contribution in [1.82, 2.24) is 15.5 Å². The molecule has 0 fully saturated rings. The van der Waals surface area contributed by atoms with E-state index in [4.69, 9.17) is 4.74 Å². The average molecular weight is 584 g/mol. The second-order valence-corrected chi connectivity index (χ2v) is 11.6. The first-order valence-electron chi connectivity index (χ1n) is 15.1. The summed E-state index contributed by atoms with van der Waals surface area (Å²) in [7, 11) is 0. The van der Waals surface area contributed by atoms with Gasteiger partial charge < -0.3 is 30.5 Å². The number of phenolic OH excluding ortho intramolecular Hbond substituents is 2. The first kappa shape index (κ1) is 34.5. The van der Waals surface area contributed by atoms with Crippen LogP contribution in [0.5, 0.6) is 11.5 Å². The number of rotatable bonds is 16. The van der Waals surface area contributed by atoms with Gasteiger partial charge in [-0.1, -0.05) is 76.3 Å². The van der Waals surface area contributed by atoms with Crippen LogP contribution in [-0.2, 0) is 20.7 Å². The zero-order valence-corrected chi connectivity index (χ0v) is 25.8. The maximum atomic E-state index is 14.4. The van der Waals surface area contributed by atoms with Crippen molar-refractivity contribution in [3.05, 3.63) is 59.7 Å². The van der Waals surface area contributed by atoms with Crippen molar-refractivity contribution < 1.29 is 29.3 Å². The van der Waals surface area contributed by atoms with Crippen LogP contribution in [-0.4, -0.2) is 57.8 Å². The lowest BCUT2D eigenvalue weighted by atomic mass is 9.99. The summed E-state index contributed by atoms with van der Waals surface area (Å²) in [5.41, 5.74) is 0.234. The molecular formula is C33H49N3O6. The Labute approximate surface area is 250 Å². The molecular weight excluding hydrogens is 534 g/mol. The number of unbranched alkanes of at least 4 members (excludes halogenated alkanes) is 5. The highest BCUT2D eigenvalue weighted by Gasteiger charge is 2.37. The molecule has 0 aliphatic rings. The van der Waals surface area contributed by atoms with Crippen LogP contribution < -0.4 is 10.6 Å². The minimum absolute atomic E-state index is 0.0822. The maximum Gasteiger partial charge on any atom is 0.408 e. The fourth-order valence-electron chi connectivity index (χ4n) is 4.62. The van der Waals surface area contributed by atoms with Crippen LogP contribution in [0.15, 0.2) is 48.5 Å². The normalized spacial score (nSPS) is 12.7. The third kappa shape index (κ3) is 11.6. The van der Waals surface area contributed by atoms with Gasteiger partial charge >= 0.3 is 6.09 Å². The fraction of sp³-hybridized carbons (Fsp3) is 0.545. The topological polar surface area (TPSA) is 128 Å². The summed E-state index contributed by atoms with van der Waals surface area (Å²) in [6.45, 7) is 10.0. The molecule has 0 heterocycles. The van der Waals surface area contributed by atoms with Gasteiger partial charge in [-0.15, -0.1) is 0 Å². The number of phenols is 2. The molecule has 0 aliphatic carbocycles. The van der Waals surface area contributed by atoms with Gasteiger partial charge in [-0.25, -0.2) is 4.79 Å². The minimum Gasteiger partial charge on any atom is -0.508 e. The molecule has 0 saturated carbocycles. The fourth-order valence-corrected chi connectivity index (χ4v) is 4.62. The van der Waals surface area contributed by atoms with E-state index < -0.39 is 35.6 Å². The monoisotopic (exact) mass is 583 g/mol. The molecule has 0 aromatic heterocycles. The van der Waals surface area contributed by atoms with E-state index in [-0.39, 0.29) is 24.5 Å². The van der Waals surface area contributed by atoms with Gasteiger partial charge in [0.05, 0.1) is 0 Å². The summed E-state index contributed by atoms with van der Waals surface area (Å²) in [5, 5.41) is 26.2. The molecule has 0 bridgehead atoms. The van der Waals surface area contributed by atoms with Gasteiger partial charge in [-0.2, -0.15) is 0 Å². The number of carbonyl (C=O) groups excluding carboxylic acids is 3. The number of amides is 3. The first-order chi connectivity index (χ1) is 20.0. The van der Waals surface area contributed by atoms with E-state index in [0.29, 0.717) is 24.1 Å². The predicted octanol–water partition coefficient (Wildman–Crippen LogP) is 5.99. The van der Waals surface area contributed by atoms with Crippen LogP contribution in [0.3, 0.4) is 0 Å². The molecule has 0 spiro atoms. The van der Waals surface area contributed by atoms with Gasteiger partial charge in [0.15, 0.2) is 0 Å². The molecule has 2 rings (SSSR count). The Kier molecular flexibility index (Phi) is 14.2. The molecule has 0 aliphatic heterocycles. The Balaban J connectivity index is 2.54. The number of ether oxygens (including phenoxy) is 1. The molecule has 9 heteroatoms. The number of alkyl carbamates (subject to hydrolysis) is 1. The van der Waals surface area contributed by atoms with Crippen LogP contribution in [0.25, 0.3) is 0 Å². The smallest absolute Gasteiger partial charge is 0.408 e. The standard InChI is InChI=1S/C33H49N3O6/c1-6-8-10-11-14-22-36(29(30(39)34-21-9-7-2)26-15-12-13-16-28(26)38)31(40)27(35-32(41)42-33(3,4)5)23-24-17-19-25(37)20-18-24/h12-13,15-20,27,29,37-38H,6-11,14,21-23H2,1-5H3,(H,34,39)(H,35,41).